The summed E-state index contributed by atoms with van der Waals surface area (Å²) in [5.41, 5.74) is 0.176. The number of carbonyl (C=O) groups is 1. The number of halogens is 1. The summed E-state index contributed by atoms with van der Waals surface area (Å²) in [7, 11) is 1.65. The molecule has 0 atom stereocenters. The molecule has 0 aliphatic rings. The van der Waals surface area contributed by atoms with Gasteiger partial charge in [-0.15, -0.1) is 12.4 Å². The number of nitrogens with zero attached hydrogens (tertiary/aromatic N) is 1. The van der Waals surface area contributed by atoms with Crippen molar-refractivity contribution in [3.63, 3.8) is 0 Å². The molecule has 20 heavy (non-hydrogen) atoms. The largest absolute Gasteiger partial charge is 0.383 e. The maximum absolute atomic E-state index is 11.8. The smallest absolute Gasteiger partial charge is 0.273 e. The number of nitrogens with one attached hydrogen (secondary N) is 2. The van der Waals surface area contributed by atoms with Gasteiger partial charge in [0.25, 0.3) is 5.91 Å². The van der Waals surface area contributed by atoms with Gasteiger partial charge >= 0.3 is 0 Å². The number of amides is 1. The molecule has 0 fully saturated rings. The van der Waals surface area contributed by atoms with Crippen LogP contribution in [0.5, 0.6) is 0 Å². The fraction of sp³-hybridized carbons (Fsp3) is 0.692. The standard InChI is InChI=1S/C13H23N3O3.ClH/c1-13(2,3)11-9-10(16-19-11)12(17)15-6-5-14-7-8-18-4;/h9,14H,5-8H2,1-4H3,(H,15,17);1H. The van der Waals surface area contributed by atoms with Crippen LogP contribution in [0.15, 0.2) is 10.6 Å². The van der Waals surface area contributed by atoms with E-state index < -0.39 is 0 Å². The Hall–Kier alpha value is -1.11. The van der Waals surface area contributed by atoms with Gasteiger partial charge in [-0.05, 0) is 0 Å². The molecule has 0 aliphatic carbocycles. The molecule has 6 nitrogen and oxygen atoms in total. The van der Waals surface area contributed by atoms with E-state index >= 15 is 0 Å². The molecule has 2 N–H and O–H groups in total. The summed E-state index contributed by atoms with van der Waals surface area (Å²) in [5.74, 6) is 0.490. The Morgan fingerprint density at radius 3 is 2.60 bits per heavy atom. The molecule has 0 saturated carbocycles. The van der Waals surface area contributed by atoms with Crippen molar-refractivity contribution in [2.75, 3.05) is 33.4 Å². The summed E-state index contributed by atoms with van der Waals surface area (Å²) in [4.78, 5) is 11.8. The van der Waals surface area contributed by atoms with Crippen molar-refractivity contribution in [3.05, 3.63) is 17.5 Å². The molecule has 1 heterocycles. The molecule has 0 spiro atoms. The second kappa shape index (κ2) is 8.94. The first-order valence-electron chi connectivity index (χ1n) is 6.40. The van der Waals surface area contributed by atoms with E-state index in [1.807, 2.05) is 20.8 Å². The van der Waals surface area contributed by atoms with Crippen molar-refractivity contribution in [1.82, 2.24) is 15.8 Å². The quantitative estimate of drug-likeness (QED) is 0.744. The van der Waals surface area contributed by atoms with Crippen LogP contribution in [0, 0.1) is 0 Å². The van der Waals surface area contributed by atoms with Crippen molar-refractivity contribution in [2.45, 2.75) is 26.2 Å². The van der Waals surface area contributed by atoms with Crippen LogP contribution in [0.1, 0.15) is 37.0 Å². The van der Waals surface area contributed by atoms with Gasteiger partial charge in [0.1, 0.15) is 5.76 Å². The Balaban J connectivity index is 0.00000361. The van der Waals surface area contributed by atoms with Crippen LogP contribution in [-0.4, -0.2) is 44.4 Å². The minimum absolute atomic E-state index is 0. The monoisotopic (exact) mass is 305 g/mol. The lowest BCUT2D eigenvalue weighted by Crippen LogP contribution is -2.33. The Kier molecular flexibility index (Phi) is 8.45. The number of ether oxygens (including phenoxy) is 1. The Labute approximate surface area is 126 Å². The SMILES string of the molecule is COCCNCCNC(=O)c1cc(C(C)(C)C)on1.Cl. The predicted molar refractivity (Wildman–Crippen MR) is 79.5 cm³/mol. The predicted octanol–water partition coefficient (Wildman–Crippen LogP) is 1.36. The van der Waals surface area contributed by atoms with E-state index in [2.05, 4.69) is 15.8 Å². The van der Waals surface area contributed by atoms with Gasteiger partial charge in [0.05, 0.1) is 6.61 Å². The van der Waals surface area contributed by atoms with Crippen LogP contribution < -0.4 is 10.6 Å². The van der Waals surface area contributed by atoms with Gasteiger partial charge in [-0.3, -0.25) is 4.79 Å². The molecule has 0 aliphatic heterocycles. The summed E-state index contributed by atoms with van der Waals surface area (Å²) in [5, 5.41) is 9.70. The fourth-order valence-corrected chi connectivity index (χ4v) is 1.39. The highest BCUT2D eigenvalue weighted by Gasteiger charge is 2.21. The van der Waals surface area contributed by atoms with Gasteiger partial charge < -0.3 is 19.9 Å². The second-order valence-electron chi connectivity index (χ2n) is 5.33. The van der Waals surface area contributed by atoms with Crippen LogP contribution in [0.25, 0.3) is 0 Å². The maximum atomic E-state index is 11.8. The van der Waals surface area contributed by atoms with Crippen LogP contribution in [0.3, 0.4) is 0 Å². The zero-order valence-electron chi connectivity index (χ0n) is 12.5. The highest BCUT2D eigenvalue weighted by molar-refractivity contribution is 5.92. The van der Waals surface area contributed by atoms with E-state index in [-0.39, 0.29) is 23.7 Å². The molecule has 0 unspecified atom stereocenters. The summed E-state index contributed by atoms with van der Waals surface area (Å²) < 4.78 is 10.1. The van der Waals surface area contributed by atoms with E-state index in [0.717, 1.165) is 6.54 Å². The molecule has 0 bridgehead atoms. The van der Waals surface area contributed by atoms with Gasteiger partial charge in [-0.25, -0.2) is 0 Å². The zero-order chi connectivity index (χ0) is 14.3. The number of aromatic nitrogens is 1. The summed E-state index contributed by atoms with van der Waals surface area (Å²) in [6.45, 7) is 8.69. The van der Waals surface area contributed by atoms with Gasteiger partial charge in [-0.2, -0.15) is 0 Å². The lowest BCUT2D eigenvalue weighted by atomic mass is 9.93. The number of hydrogen-bond acceptors (Lipinski definition) is 5. The van der Waals surface area contributed by atoms with E-state index in [1.54, 1.807) is 13.2 Å². The molecular weight excluding hydrogens is 282 g/mol. The van der Waals surface area contributed by atoms with Crippen LogP contribution in [0.2, 0.25) is 0 Å². The van der Waals surface area contributed by atoms with Crippen molar-refractivity contribution in [1.29, 1.82) is 0 Å². The van der Waals surface area contributed by atoms with Crippen molar-refractivity contribution in [2.24, 2.45) is 0 Å². The molecule has 0 radical (unpaired) electrons. The van der Waals surface area contributed by atoms with Gasteiger partial charge in [0.15, 0.2) is 5.69 Å². The zero-order valence-corrected chi connectivity index (χ0v) is 13.3. The highest BCUT2D eigenvalue weighted by atomic mass is 35.5. The number of hydrogen-bond donors (Lipinski definition) is 2. The average molecular weight is 306 g/mol. The Bertz CT molecular complexity index is 402. The minimum atomic E-state index is -0.215. The normalized spacial score (nSPS) is 11.0. The number of methoxy groups -OCH3 is 1. The van der Waals surface area contributed by atoms with Gasteiger partial charge in [0, 0.05) is 38.2 Å². The molecular formula is C13H24ClN3O3. The molecule has 0 saturated heterocycles. The summed E-state index contributed by atoms with van der Waals surface area (Å²) in [6.07, 6.45) is 0. The molecule has 1 aromatic heterocycles. The lowest BCUT2D eigenvalue weighted by Gasteiger charge is -2.12. The van der Waals surface area contributed by atoms with Crippen LogP contribution in [-0.2, 0) is 10.2 Å². The van der Waals surface area contributed by atoms with Crippen molar-refractivity contribution >= 4 is 18.3 Å². The van der Waals surface area contributed by atoms with Crippen molar-refractivity contribution < 1.29 is 14.1 Å². The molecule has 7 heteroatoms. The lowest BCUT2D eigenvalue weighted by molar-refractivity contribution is 0.0944. The molecule has 1 aromatic rings. The third-order valence-electron chi connectivity index (χ3n) is 2.55. The van der Waals surface area contributed by atoms with Gasteiger partial charge in [0.2, 0.25) is 0 Å². The summed E-state index contributed by atoms with van der Waals surface area (Å²) >= 11 is 0. The third-order valence-corrected chi connectivity index (χ3v) is 2.55. The molecule has 116 valence electrons. The summed E-state index contributed by atoms with van der Waals surface area (Å²) in [6, 6.07) is 1.69. The number of carbonyl (C=O) groups excluding carboxylic acids is 1. The van der Waals surface area contributed by atoms with E-state index in [9.17, 15) is 4.79 Å². The Morgan fingerprint density at radius 2 is 2.05 bits per heavy atom. The number of rotatable bonds is 7. The van der Waals surface area contributed by atoms with E-state index in [1.165, 1.54) is 0 Å². The topological polar surface area (TPSA) is 76.4 Å². The first-order valence-corrected chi connectivity index (χ1v) is 6.40. The second-order valence-corrected chi connectivity index (χ2v) is 5.33. The van der Waals surface area contributed by atoms with E-state index in [0.29, 0.717) is 31.2 Å². The molecule has 0 aromatic carbocycles. The maximum Gasteiger partial charge on any atom is 0.273 e. The third kappa shape index (κ3) is 6.36. The minimum Gasteiger partial charge on any atom is -0.383 e. The molecule has 1 rings (SSSR count). The average Bonchev–Trinajstić information content (AvgIpc) is 2.82. The Morgan fingerprint density at radius 1 is 1.35 bits per heavy atom. The first-order chi connectivity index (χ1) is 8.95. The van der Waals surface area contributed by atoms with Crippen LogP contribution >= 0.6 is 12.4 Å². The first kappa shape index (κ1) is 18.9. The molecule has 1 amide bonds. The fourth-order valence-electron chi connectivity index (χ4n) is 1.39. The highest BCUT2D eigenvalue weighted by Crippen LogP contribution is 2.22. The van der Waals surface area contributed by atoms with Crippen LogP contribution in [0.4, 0.5) is 0 Å². The van der Waals surface area contributed by atoms with Crippen molar-refractivity contribution in [3.8, 4) is 0 Å². The van der Waals surface area contributed by atoms with Gasteiger partial charge in [-0.1, -0.05) is 25.9 Å². The van der Waals surface area contributed by atoms with E-state index in [4.69, 9.17) is 9.26 Å².